The summed E-state index contributed by atoms with van der Waals surface area (Å²) in [6.45, 7) is 2.62. The predicted molar refractivity (Wildman–Crippen MR) is 100 cm³/mol. The van der Waals surface area contributed by atoms with E-state index in [2.05, 4.69) is 9.88 Å². The minimum Gasteiger partial charge on any atom is -0.497 e. The molecule has 1 aromatic heterocycles. The van der Waals surface area contributed by atoms with Gasteiger partial charge in [0.1, 0.15) is 18.2 Å². The lowest BCUT2D eigenvalue weighted by Gasteiger charge is -2.16. The highest BCUT2D eigenvalue weighted by Crippen LogP contribution is 2.23. The molecule has 0 aliphatic heterocycles. The zero-order valence-corrected chi connectivity index (χ0v) is 15.2. The second kappa shape index (κ2) is 8.01. The molecule has 3 aromatic rings. The van der Waals surface area contributed by atoms with E-state index in [4.69, 9.17) is 14.5 Å². The van der Waals surface area contributed by atoms with Gasteiger partial charge in [-0.3, -0.25) is 4.79 Å². The van der Waals surface area contributed by atoms with Crippen molar-refractivity contribution >= 4 is 16.9 Å². The predicted octanol–water partition coefficient (Wildman–Crippen LogP) is 2.92. The summed E-state index contributed by atoms with van der Waals surface area (Å²) in [7, 11) is 3.16. The Kier molecular flexibility index (Phi) is 5.53. The highest BCUT2D eigenvalue weighted by Gasteiger charge is 2.18. The molecule has 6 heteroatoms. The van der Waals surface area contributed by atoms with Crippen LogP contribution in [-0.4, -0.2) is 36.3 Å². The highest BCUT2D eigenvalue weighted by atomic mass is 16.5. The maximum Gasteiger partial charge on any atom is 0.246 e. The average molecular weight is 353 g/mol. The Morgan fingerprint density at radius 3 is 2.58 bits per heavy atom. The molecule has 6 nitrogen and oxygen atoms in total. The summed E-state index contributed by atoms with van der Waals surface area (Å²) in [6.07, 6.45) is 0. The molecule has 26 heavy (non-hydrogen) atoms. The molecular weight excluding hydrogens is 330 g/mol. The topological polar surface area (TPSA) is 65.4 Å². The number of nitrogens with zero attached hydrogens (tertiary/aromatic N) is 2. The molecule has 0 aliphatic rings. The fourth-order valence-corrected chi connectivity index (χ4v) is 2.98. The monoisotopic (exact) mass is 353 g/mol. The Morgan fingerprint density at radius 2 is 1.88 bits per heavy atom. The SMILES string of the molecule is COCC(=O)NC(C)c1nc2ccccc2n1Cc1ccc(OC)cc1. The average Bonchev–Trinajstić information content (AvgIpc) is 3.01. The van der Waals surface area contributed by atoms with Crippen molar-refractivity contribution in [2.45, 2.75) is 19.5 Å². The molecule has 0 spiro atoms. The quantitative estimate of drug-likeness (QED) is 0.709. The van der Waals surface area contributed by atoms with Gasteiger partial charge in [-0.05, 0) is 36.8 Å². The maximum absolute atomic E-state index is 11.9. The summed E-state index contributed by atoms with van der Waals surface area (Å²) in [6, 6.07) is 15.7. The third-order valence-electron chi connectivity index (χ3n) is 4.22. The lowest BCUT2D eigenvalue weighted by atomic mass is 10.2. The number of imidazole rings is 1. The molecule has 1 N–H and O–H groups in total. The van der Waals surface area contributed by atoms with Gasteiger partial charge >= 0.3 is 0 Å². The molecule has 0 saturated heterocycles. The second-order valence-electron chi connectivity index (χ2n) is 6.12. The number of methoxy groups -OCH3 is 2. The highest BCUT2D eigenvalue weighted by molar-refractivity contribution is 5.78. The Balaban J connectivity index is 1.94. The zero-order valence-electron chi connectivity index (χ0n) is 15.2. The molecule has 0 aliphatic carbocycles. The van der Waals surface area contributed by atoms with Gasteiger partial charge in [0, 0.05) is 13.7 Å². The summed E-state index contributed by atoms with van der Waals surface area (Å²) in [5, 5.41) is 2.94. The Labute approximate surface area is 152 Å². The molecule has 0 fully saturated rings. The normalized spacial score (nSPS) is 12.1. The van der Waals surface area contributed by atoms with Gasteiger partial charge in [0.05, 0.1) is 24.2 Å². The van der Waals surface area contributed by atoms with Crippen LogP contribution in [0.1, 0.15) is 24.4 Å². The van der Waals surface area contributed by atoms with Crippen molar-refractivity contribution in [3.8, 4) is 5.75 Å². The van der Waals surface area contributed by atoms with E-state index in [1.165, 1.54) is 7.11 Å². The van der Waals surface area contributed by atoms with Crippen LogP contribution in [0.4, 0.5) is 0 Å². The largest absolute Gasteiger partial charge is 0.497 e. The standard InChI is InChI=1S/C20H23N3O3/c1-14(21-19(24)13-25-2)20-22-17-6-4-5-7-18(17)23(20)12-15-8-10-16(26-3)11-9-15/h4-11,14H,12-13H2,1-3H3,(H,21,24). The van der Waals surface area contributed by atoms with Gasteiger partial charge < -0.3 is 19.4 Å². The van der Waals surface area contributed by atoms with E-state index in [0.29, 0.717) is 6.54 Å². The number of rotatable bonds is 7. The van der Waals surface area contributed by atoms with Crippen LogP contribution in [0.2, 0.25) is 0 Å². The van der Waals surface area contributed by atoms with Crippen molar-refractivity contribution in [1.82, 2.24) is 14.9 Å². The van der Waals surface area contributed by atoms with Crippen molar-refractivity contribution in [1.29, 1.82) is 0 Å². The smallest absolute Gasteiger partial charge is 0.246 e. The molecule has 1 atom stereocenters. The van der Waals surface area contributed by atoms with E-state index in [1.807, 2.05) is 55.5 Å². The minimum absolute atomic E-state index is 0.0308. The third kappa shape index (κ3) is 3.86. The summed E-state index contributed by atoms with van der Waals surface area (Å²) in [5.41, 5.74) is 3.07. The number of benzene rings is 2. The van der Waals surface area contributed by atoms with Gasteiger partial charge in [-0.25, -0.2) is 4.98 Å². The number of aromatic nitrogens is 2. The van der Waals surface area contributed by atoms with Gasteiger partial charge in [-0.2, -0.15) is 0 Å². The van der Waals surface area contributed by atoms with Crippen molar-refractivity contribution < 1.29 is 14.3 Å². The minimum atomic E-state index is -0.233. The van der Waals surface area contributed by atoms with Crippen molar-refractivity contribution in [2.24, 2.45) is 0 Å². The van der Waals surface area contributed by atoms with Crippen LogP contribution in [0.25, 0.3) is 11.0 Å². The number of carbonyl (C=O) groups is 1. The van der Waals surface area contributed by atoms with E-state index in [9.17, 15) is 4.79 Å². The lowest BCUT2D eigenvalue weighted by molar-refractivity contribution is -0.125. The molecule has 0 saturated carbocycles. The molecule has 136 valence electrons. The summed E-state index contributed by atoms with van der Waals surface area (Å²) >= 11 is 0. The van der Waals surface area contributed by atoms with Crippen molar-refractivity contribution in [2.75, 3.05) is 20.8 Å². The first-order chi connectivity index (χ1) is 12.6. The van der Waals surface area contributed by atoms with Gasteiger partial charge in [-0.15, -0.1) is 0 Å². The Bertz CT molecular complexity index is 887. The Hall–Kier alpha value is -2.86. The number of para-hydroxylation sites is 2. The molecule has 3 rings (SSSR count). The fourth-order valence-electron chi connectivity index (χ4n) is 2.98. The van der Waals surface area contributed by atoms with E-state index in [1.54, 1.807) is 7.11 Å². The van der Waals surface area contributed by atoms with Crippen molar-refractivity contribution in [3.63, 3.8) is 0 Å². The number of hydrogen-bond acceptors (Lipinski definition) is 4. The number of hydrogen-bond donors (Lipinski definition) is 1. The van der Waals surface area contributed by atoms with Crippen LogP contribution in [0.15, 0.2) is 48.5 Å². The number of fused-ring (bicyclic) bond motifs is 1. The number of ether oxygens (including phenoxy) is 2. The molecule has 1 unspecified atom stereocenters. The fraction of sp³-hybridized carbons (Fsp3) is 0.300. The van der Waals surface area contributed by atoms with Crippen molar-refractivity contribution in [3.05, 3.63) is 59.9 Å². The van der Waals surface area contributed by atoms with E-state index < -0.39 is 0 Å². The zero-order chi connectivity index (χ0) is 18.5. The van der Waals surface area contributed by atoms with Crippen LogP contribution >= 0.6 is 0 Å². The summed E-state index contributed by atoms with van der Waals surface area (Å²) < 4.78 is 12.3. The summed E-state index contributed by atoms with van der Waals surface area (Å²) in [4.78, 5) is 16.6. The van der Waals surface area contributed by atoms with Crippen LogP contribution in [0.5, 0.6) is 5.75 Å². The van der Waals surface area contributed by atoms with E-state index in [0.717, 1.165) is 28.2 Å². The molecule has 0 bridgehead atoms. The number of amides is 1. The lowest BCUT2D eigenvalue weighted by Crippen LogP contribution is -2.31. The molecule has 1 amide bonds. The Morgan fingerprint density at radius 1 is 1.15 bits per heavy atom. The van der Waals surface area contributed by atoms with Crippen LogP contribution in [0.3, 0.4) is 0 Å². The van der Waals surface area contributed by atoms with Crippen LogP contribution < -0.4 is 10.1 Å². The van der Waals surface area contributed by atoms with E-state index >= 15 is 0 Å². The maximum atomic E-state index is 11.9. The van der Waals surface area contributed by atoms with Crippen LogP contribution in [-0.2, 0) is 16.1 Å². The molecule has 0 radical (unpaired) electrons. The number of nitrogens with one attached hydrogen (secondary N) is 1. The molecule has 2 aromatic carbocycles. The van der Waals surface area contributed by atoms with Gasteiger partial charge in [-0.1, -0.05) is 24.3 Å². The molecular formula is C20H23N3O3. The summed E-state index contributed by atoms with van der Waals surface area (Å²) in [5.74, 6) is 1.47. The number of carbonyl (C=O) groups excluding carboxylic acids is 1. The first-order valence-electron chi connectivity index (χ1n) is 8.48. The van der Waals surface area contributed by atoms with Gasteiger partial charge in [0.25, 0.3) is 0 Å². The first-order valence-corrected chi connectivity index (χ1v) is 8.48. The second-order valence-corrected chi connectivity index (χ2v) is 6.12. The molecule has 1 heterocycles. The first kappa shape index (κ1) is 17.9. The van der Waals surface area contributed by atoms with Crippen LogP contribution in [0, 0.1) is 0 Å². The van der Waals surface area contributed by atoms with Gasteiger partial charge in [0.2, 0.25) is 5.91 Å². The van der Waals surface area contributed by atoms with Gasteiger partial charge in [0.15, 0.2) is 0 Å². The third-order valence-corrected chi connectivity index (χ3v) is 4.22. The van der Waals surface area contributed by atoms with E-state index in [-0.39, 0.29) is 18.6 Å².